The zero-order valence-corrected chi connectivity index (χ0v) is 59.9. The van der Waals surface area contributed by atoms with Crippen LogP contribution in [-0.4, -0.2) is 9.97 Å². The van der Waals surface area contributed by atoms with E-state index in [1.807, 2.05) is 24.8 Å². The van der Waals surface area contributed by atoms with Crippen LogP contribution in [0.15, 0.2) is 401 Å². The predicted octanol–water partition coefficient (Wildman–Crippen LogP) is 29.3. The average molecular weight is 1400 g/mol. The second-order valence-electron chi connectivity index (χ2n) is 29.0. The first kappa shape index (κ1) is 62.8. The van der Waals surface area contributed by atoms with E-state index < -0.39 is 0 Å². The zero-order chi connectivity index (χ0) is 72.3. The molecule has 2 heterocycles. The maximum Gasteiger partial charge on any atom is 0.0723 e. The molecule has 0 bridgehead atoms. The first-order valence-corrected chi connectivity index (χ1v) is 37.8. The summed E-state index contributed by atoms with van der Waals surface area (Å²) in [5.41, 5.74) is 33.2. The fourth-order valence-corrected chi connectivity index (χ4v) is 18.4. The molecule has 0 unspecified atom stereocenters. The van der Waals surface area contributed by atoms with E-state index in [4.69, 9.17) is 4.98 Å². The molecule has 2 aromatic heterocycles. The number of para-hydroxylation sites is 1. The summed E-state index contributed by atoms with van der Waals surface area (Å²) < 4.78 is 0. The molecule has 22 rings (SSSR count). The molecule has 2 aliphatic carbocycles. The first-order chi connectivity index (χ1) is 54.6. The minimum Gasteiger partial charge on any atom is -0.310 e. The van der Waals surface area contributed by atoms with E-state index >= 15 is 0 Å². The highest BCUT2D eigenvalue weighted by molar-refractivity contribution is 6.31. The zero-order valence-electron chi connectivity index (χ0n) is 59.9. The third-order valence-corrected chi connectivity index (χ3v) is 23.0. The van der Waals surface area contributed by atoms with Gasteiger partial charge in [-0.1, -0.05) is 309 Å². The van der Waals surface area contributed by atoms with E-state index in [9.17, 15) is 0 Å². The van der Waals surface area contributed by atoms with Crippen molar-refractivity contribution in [2.75, 3.05) is 9.80 Å². The molecule has 0 spiro atoms. The Bertz CT molecular complexity index is 7000. The maximum atomic E-state index is 4.74. The standard InChI is InChI=1S/C106H66N4/c1-6-24-69(25-7-1)97-87-39-18-19-40-88(87)98(70-26-8-2-9-27-70)105-92-58-56-82(85-41-22-43-90(101(85)92)103(97)105)68-48-53-79(54-49-68)110(95-45-21-34-76-64-107-61-60-84(76)95)80-37-20-33-73(62-80)74-50-55-89-94(63-74)100(72-30-12-4-13-31-72)104-91-44-23-42-86-81(57-59-93(102(86)91)106(104)99(89)71-28-10-3-11-29-71)67-46-51-78(52-47-67)109(77-35-14-5-15-36-77)96-66-108-65-75-32-16-17-38-83(75)96/h1-66H. The molecule has 0 saturated carbocycles. The lowest BCUT2D eigenvalue weighted by Crippen LogP contribution is -2.10. The molecular formula is C106H66N4. The Morgan fingerprint density at radius 2 is 0.527 bits per heavy atom. The van der Waals surface area contributed by atoms with Crippen molar-refractivity contribution in [2.24, 2.45) is 0 Å². The summed E-state index contributed by atoms with van der Waals surface area (Å²) in [5.74, 6) is 0. The van der Waals surface area contributed by atoms with E-state index in [0.717, 1.165) is 77.9 Å². The van der Waals surface area contributed by atoms with E-state index in [0.29, 0.717) is 0 Å². The van der Waals surface area contributed by atoms with Crippen LogP contribution in [0.2, 0.25) is 0 Å². The monoisotopic (exact) mass is 1390 g/mol. The lowest BCUT2D eigenvalue weighted by molar-refractivity contribution is 1.25. The smallest absolute Gasteiger partial charge is 0.0723 e. The molecule has 18 aromatic carbocycles. The second-order valence-corrected chi connectivity index (χ2v) is 29.0. The summed E-state index contributed by atoms with van der Waals surface area (Å²) >= 11 is 0. The SMILES string of the molecule is c1ccc(-c2c3c(c(-c4ccccc4)c4ccccc24)-c2ccc(-c4ccc(N(c5cccc(-c6ccc7c(-c8ccccc8)c8c(c(-c9ccccc9)c7c6)-c6cccc7c(-c9ccc(N(c%10ccccc%10)c%10cncc%11ccccc%10%11)cc9)ccc-8c67)c5)c5cccc6cnccc56)cc4)c4cccc-3c24)cc1. The molecule has 4 nitrogen and oxygen atoms in total. The van der Waals surface area contributed by atoms with Gasteiger partial charge in [0, 0.05) is 62.9 Å². The number of hydrogen-bond acceptors (Lipinski definition) is 4. The van der Waals surface area contributed by atoms with E-state index in [1.165, 1.54) is 143 Å². The third-order valence-electron chi connectivity index (χ3n) is 23.0. The van der Waals surface area contributed by atoms with Gasteiger partial charge in [0.1, 0.15) is 0 Å². The molecule has 0 aliphatic heterocycles. The van der Waals surface area contributed by atoms with Crippen LogP contribution >= 0.6 is 0 Å². The minimum absolute atomic E-state index is 1.03. The first-order valence-electron chi connectivity index (χ1n) is 37.8. The van der Waals surface area contributed by atoms with E-state index in [2.05, 4.69) is 391 Å². The highest BCUT2D eigenvalue weighted by Crippen LogP contribution is 2.61. The molecule has 0 atom stereocenters. The largest absolute Gasteiger partial charge is 0.310 e. The minimum atomic E-state index is 1.03. The number of hydrogen-bond donors (Lipinski definition) is 0. The number of rotatable bonds is 13. The Hall–Kier alpha value is -14.6. The molecule has 0 fully saturated rings. The Morgan fingerprint density at radius 1 is 0.173 bits per heavy atom. The van der Waals surface area contributed by atoms with Crippen molar-refractivity contribution < 1.29 is 0 Å². The van der Waals surface area contributed by atoms with Crippen molar-refractivity contribution in [1.82, 2.24) is 9.97 Å². The number of nitrogens with zero attached hydrogens (tertiary/aromatic N) is 4. The summed E-state index contributed by atoms with van der Waals surface area (Å²) in [6.07, 6.45) is 7.81. The molecule has 2 aliphatic rings. The number of pyridine rings is 2. The lowest BCUT2D eigenvalue weighted by Gasteiger charge is -2.27. The number of benzene rings is 18. The molecule has 20 aromatic rings. The van der Waals surface area contributed by atoms with Crippen molar-refractivity contribution >= 4 is 98.8 Å². The Kier molecular flexibility index (Phi) is 14.6. The number of anilines is 6. The number of aromatic nitrogens is 2. The van der Waals surface area contributed by atoms with Gasteiger partial charge in [-0.15, -0.1) is 0 Å². The Labute approximate surface area is 637 Å². The predicted molar refractivity (Wildman–Crippen MR) is 463 cm³/mol. The van der Waals surface area contributed by atoms with Gasteiger partial charge in [0.15, 0.2) is 0 Å². The molecule has 0 saturated heterocycles. The van der Waals surface area contributed by atoms with E-state index in [1.54, 1.807) is 0 Å². The summed E-state index contributed by atoms with van der Waals surface area (Å²) in [6.45, 7) is 0. The molecule has 110 heavy (non-hydrogen) atoms. The van der Waals surface area contributed by atoms with Gasteiger partial charge in [0.05, 0.1) is 17.6 Å². The van der Waals surface area contributed by atoms with Gasteiger partial charge in [-0.05, 0) is 232 Å². The molecule has 0 radical (unpaired) electrons. The highest BCUT2D eigenvalue weighted by atomic mass is 15.2. The fraction of sp³-hybridized carbons (Fsp3) is 0. The summed E-state index contributed by atoms with van der Waals surface area (Å²) in [6, 6.07) is 139. The Balaban J connectivity index is 0.676. The van der Waals surface area contributed by atoms with Crippen LogP contribution in [0.5, 0.6) is 0 Å². The quantitative estimate of drug-likeness (QED) is 0.115. The Morgan fingerprint density at radius 3 is 1.06 bits per heavy atom. The highest BCUT2D eigenvalue weighted by Gasteiger charge is 2.34. The van der Waals surface area contributed by atoms with Gasteiger partial charge in [0.25, 0.3) is 0 Å². The van der Waals surface area contributed by atoms with Crippen molar-refractivity contribution in [3.63, 3.8) is 0 Å². The fourth-order valence-electron chi connectivity index (χ4n) is 18.4. The van der Waals surface area contributed by atoms with Gasteiger partial charge in [-0.2, -0.15) is 0 Å². The van der Waals surface area contributed by atoms with Gasteiger partial charge in [-0.3, -0.25) is 9.97 Å². The van der Waals surface area contributed by atoms with Gasteiger partial charge >= 0.3 is 0 Å². The molecule has 510 valence electrons. The van der Waals surface area contributed by atoms with Crippen molar-refractivity contribution in [3.8, 4) is 122 Å². The van der Waals surface area contributed by atoms with Crippen LogP contribution in [0.25, 0.3) is 187 Å². The van der Waals surface area contributed by atoms with Crippen LogP contribution in [0.3, 0.4) is 0 Å². The summed E-state index contributed by atoms with van der Waals surface area (Å²) in [4.78, 5) is 14.1. The second kappa shape index (κ2) is 25.6. The average Bonchev–Trinajstić information content (AvgIpc) is 1.53. The van der Waals surface area contributed by atoms with Crippen molar-refractivity contribution in [3.05, 3.63) is 401 Å². The van der Waals surface area contributed by atoms with Gasteiger partial charge < -0.3 is 9.80 Å². The van der Waals surface area contributed by atoms with Gasteiger partial charge in [-0.25, -0.2) is 0 Å². The van der Waals surface area contributed by atoms with Crippen LogP contribution < -0.4 is 9.80 Å². The summed E-state index contributed by atoms with van der Waals surface area (Å²) in [5, 5.41) is 14.4. The van der Waals surface area contributed by atoms with Crippen LogP contribution in [-0.2, 0) is 0 Å². The van der Waals surface area contributed by atoms with Crippen molar-refractivity contribution in [2.45, 2.75) is 0 Å². The third kappa shape index (κ3) is 9.93. The van der Waals surface area contributed by atoms with Gasteiger partial charge in [0.2, 0.25) is 0 Å². The topological polar surface area (TPSA) is 32.3 Å². The summed E-state index contributed by atoms with van der Waals surface area (Å²) in [7, 11) is 0. The van der Waals surface area contributed by atoms with Crippen LogP contribution in [0, 0.1) is 0 Å². The molecule has 4 heteroatoms. The van der Waals surface area contributed by atoms with E-state index in [-0.39, 0.29) is 0 Å². The molecule has 0 amide bonds. The van der Waals surface area contributed by atoms with Crippen molar-refractivity contribution in [1.29, 1.82) is 0 Å². The molecule has 0 N–H and O–H groups in total. The van der Waals surface area contributed by atoms with Crippen LogP contribution in [0.4, 0.5) is 34.1 Å². The maximum absolute atomic E-state index is 4.74. The number of fused-ring (bicyclic) bond motifs is 10. The van der Waals surface area contributed by atoms with Crippen LogP contribution in [0.1, 0.15) is 0 Å². The lowest BCUT2D eigenvalue weighted by atomic mass is 9.82. The molecular weight excluding hydrogens is 1330 g/mol. The normalized spacial score (nSPS) is 11.8.